The van der Waals surface area contributed by atoms with Gasteiger partial charge >= 0.3 is 0 Å². The van der Waals surface area contributed by atoms with Gasteiger partial charge in [0.15, 0.2) is 0 Å². The van der Waals surface area contributed by atoms with E-state index in [2.05, 4.69) is 62.8 Å². The van der Waals surface area contributed by atoms with Crippen LogP contribution < -0.4 is 4.74 Å². The number of likely N-dealkylation sites (N-methyl/N-ethyl adjacent to an activating group) is 1. The van der Waals surface area contributed by atoms with Gasteiger partial charge in [-0.2, -0.15) is 0 Å². The van der Waals surface area contributed by atoms with Gasteiger partial charge in [-0.25, -0.2) is 0 Å². The number of halogens is 1. The third-order valence-corrected chi connectivity index (χ3v) is 3.95. The van der Waals surface area contributed by atoms with E-state index in [9.17, 15) is 0 Å². The van der Waals surface area contributed by atoms with Gasteiger partial charge in [-0.05, 0) is 69.3 Å². The molecule has 0 N–H and O–H groups in total. The molecule has 0 aliphatic carbocycles. The van der Waals surface area contributed by atoms with Crippen LogP contribution in [0.1, 0.15) is 31.9 Å². The van der Waals surface area contributed by atoms with Crippen molar-refractivity contribution in [1.82, 2.24) is 4.90 Å². The number of benzene rings is 2. The number of hydrogen-bond donors (Lipinski definition) is 0. The Balaban J connectivity index is 1.85. The standard InChI is InChI=1S/C24H28ClNO/c1-24(2,3)14-6-5-7-15-26(4)18-20-10-9-13-23(17-20)27-19-21-11-8-12-22(25)16-21/h5,7-13,16-17H,15,18-19H2,1-4H3. The molecule has 2 aromatic carbocycles. The Morgan fingerprint density at radius 3 is 2.56 bits per heavy atom. The Kier molecular flexibility index (Phi) is 7.98. The lowest BCUT2D eigenvalue weighted by molar-refractivity contribution is 0.304. The highest BCUT2D eigenvalue weighted by atomic mass is 35.5. The van der Waals surface area contributed by atoms with E-state index in [0.717, 1.165) is 29.4 Å². The summed E-state index contributed by atoms with van der Waals surface area (Å²) in [5.74, 6) is 7.17. The van der Waals surface area contributed by atoms with E-state index >= 15 is 0 Å². The number of rotatable bonds is 7. The summed E-state index contributed by atoms with van der Waals surface area (Å²) in [5, 5.41) is 0.728. The normalized spacial score (nSPS) is 11.5. The van der Waals surface area contributed by atoms with Gasteiger partial charge in [-0.15, -0.1) is 0 Å². The Morgan fingerprint density at radius 1 is 1.07 bits per heavy atom. The molecule has 0 aliphatic heterocycles. The summed E-state index contributed by atoms with van der Waals surface area (Å²) in [6, 6.07) is 16.0. The second-order valence-corrected chi connectivity index (χ2v) is 8.12. The summed E-state index contributed by atoms with van der Waals surface area (Å²) in [7, 11) is 2.10. The molecule has 0 fully saturated rings. The Hall–Kier alpha value is -2.21. The average molecular weight is 382 g/mol. The average Bonchev–Trinajstić information content (AvgIpc) is 2.59. The molecule has 0 atom stereocenters. The minimum absolute atomic E-state index is 0.0434. The molecule has 0 amide bonds. The molecule has 0 aromatic heterocycles. The lowest BCUT2D eigenvalue weighted by atomic mass is 9.98. The first kappa shape index (κ1) is 21.1. The molecule has 27 heavy (non-hydrogen) atoms. The van der Waals surface area contributed by atoms with Crippen molar-refractivity contribution in [3.05, 3.63) is 76.8 Å². The van der Waals surface area contributed by atoms with Crippen LogP contribution in [0.2, 0.25) is 5.02 Å². The molecule has 2 nitrogen and oxygen atoms in total. The molecular formula is C24H28ClNO. The number of allylic oxidation sites excluding steroid dienone is 1. The third kappa shape index (κ3) is 8.82. The van der Waals surface area contributed by atoms with E-state index in [-0.39, 0.29) is 5.41 Å². The summed E-state index contributed by atoms with van der Waals surface area (Å²) >= 11 is 6.02. The summed E-state index contributed by atoms with van der Waals surface area (Å²) in [5.41, 5.74) is 2.32. The minimum Gasteiger partial charge on any atom is -0.489 e. The van der Waals surface area contributed by atoms with E-state index in [4.69, 9.17) is 16.3 Å². The van der Waals surface area contributed by atoms with Gasteiger partial charge in [-0.1, -0.05) is 53.8 Å². The smallest absolute Gasteiger partial charge is 0.120 e. The van der Waals surface area contributed by atoms with Gasteiger partial charge in [0.25, 0.3) is 0 Å². The molecule has 0 unspecified atom stereocenters. The van der Waals surface area contributed by atoms with Gasteiger partial charge < -0.3 is 4.74 Å². The Labute approximate surface area is 168 Å². The maximum absolute atomic E-state index is 6.02. The van der Waals surface area contributed by atoms with Crippen molar-refractivity contribution in [3.8, 4) is 17.6 Å². The molecule has 0 heterocycles. The van der Waals surface area contributed by atoms with Crippen LogP contribution in [0.4, 0.5) is 0 Å². The zero-order chi connectivity index (χ0) is 19.7. The third-order valence-electron chi connectivity index (χ3n) is 3.71. The summed E-state index contributed by atoms with van der Waals surface area (Å²) in [4.78, 5) is 2.24. The van der Waals surface area contributed by atoms with Gasteiger partial charge in [0.05, 0.1) is 0 Å². The minimum atomic E-state index is 0.0434. The molecule has 142 valence electrons. The molecule has 2 aromatic rings. The zero-order valence-corrected chi connectivity index (χ0v) is 17.4. The number of ether oxygens (including phenoxy) is 1. The topological polar surface area (TPSA) is 12.5 Å². The maximum Gasteiger partial charge on any atom is 0.120 e. The second kappa shape index (κ2) is 10.2. The van der Waals surface area contributed by atoms with Gasteiger partial charge in [0.1, 0.15) is 12.4 Å². The van der Waals surface area contributed by atoms with Crippen molar-refractivity contribution >= 4 is 11.6 Å². The van der Waals surface area contributed by atoms with Crippen molar-refractivity contribution in [2.45, 2.75) is 33.9 Å². The molecular weight excluding hydrogens is 354 g/mol. The number of hydrogen-bond acceptors (Lipinski definition) is 2. The lowest BCUT2D eigenvalue weighted by Crippen LogP contribution is -2.17. The van der Waals surface area contributed by atoms with Gasteiger partial charge in [0.2, 0.25) is 0 Å². The molecule has 0 saturated heterocycles. The monoisotopic (exact) mass is 381 g/mol. The predicted octanol–water partition coefficient (Wildman–Crippen LogP) is 5.96. The first-order valence-electron chi connectivity index (χ1n) is 9.14. The van der Waals surface area contributed by atoms with Crippen molar-refractivity contribution in [2.24, 2.45) is 5.41 Å². The fourth-order valence-electron chi connectivity index (χ4n) is 2.45. The van der Waals surface area contributed by atoms with Crippen LogP contribution in [0.15, 0.2) is 60.7 Å². The van der Waals surface area contributed by atoms with Gasteiger partial charge in [-0.3, -0.25) is 4.90 Å². The van der Waals surface area contributed by atoms with Crippen molar-refractivity contribution < 1.29 is 4.74 Å². The lowest BCUT2D eigenvalue weighted by Gasteiger charge is -2.15. The van der Waals surface area contributed by atoms with Crippen LogP contribution in [-0.4, -0.2) is 18.5 Å². The van der Waals surface area contributed by atoms with E-state index < -0.39 is 0 Å². The largest absolute Gasteiger partial charge is 0.489 e. The first-order chi connectivity index (χ1) is 12.8. The van der Waals surface area contributed by atoms with E-state index in [0.29, 0.717) is 6.61 Å². The van der Waals surface area contributed by atoms with Crippen LogP contribution >= 0.6 is 11.6 Å². The Bertz CT molecular complexity index is 824. The van der Waals surface area contributed by atoms with E-state index in [1.807, 2.05) is 42.5 Å². The van der Waals surface area contributed by atoms with Crippen LogP contribution in [0.3, 0.4) is 0 Å². The second-order valence-electron chi connectivity index (χ2n) is 7.68. The van der Waals surface area contributed by atoms with Crippen LogP contribution in [0.25, 0.3) is 0 Å². The highest BCUT2D eigenvalue weighted by Gasteiger charge is 2.03. The highest BCUT2D eigenvalue weighted by molar-refractivity contribution is 6.30. The maximum atomic E-state index is 6.02. The predicted molar refractivity (Wildman–Crippen MR) is 115 cm³/mol. The van der Waals surface area contributed by atoms with Crippen LogP contribution in [-0.2, 0) is 13.2 Å². The molecule has 0 aliphatic rings. The molecule has 0 spiro atoms. The fraction of sp³-hybridized carbons (Fsp3) is 0.333. The van der Waals surface area contributed by atoms with Crippen molar-refractivity contribution in [3.63, 3.8) is 0 Å². The summed E-state index contributed by atoms with van der Waals surface area (Å²) in [6.07, 6.45) is 4.03. The van der Waals surface area contributed by atoms with E-state index in [1.54, 1.807) is 0 Å². The number of nitrogens with zero attached hydrogens (tertiary/aromatic N) is 1. The molecule has 0 saturated carbocycles. The quantitative estimate of drug-likeness (QED) is 0.549. The molecule has 0 bridgehead atoms. The molecule has 0 radical (unpaired) electrons. The fourth-order valence-corrected chi connectivity index (χ4v) is 2.67. The van der Waals surface area contributed by atoms with Crippen molar-refractivity contribution in [2.75, 3.05) is 13.6 Å². The molecule has 3 heteroatoms. The van der Waals surface area contributed by atoms with Gasteiger partial charge in [0, 0.05) is 23.5 Å². The highest BCUT2D eigenvalue weighted by Crippen LogP contribution is 2.18. The van der Waals surface area contributed by atoms with Crippen LogP contribution in [0.5, 0.6) is 5.75 Å². The van der Waals surface area contributed by atoms with Crippen molar-refractivity contribution in [1.29, 1.82) is 0 Å². The first-order valence-corrected chi connectivity index (χ1v) is 9.52. The zero-order valence-electron chi connectivity index (χ0n) is 16.6. The Morgan fingerprint density at radius 2 is 1.81 bits per heavy atom. The summed E-state index contributed by atoms with van der Waals surface area (Å²) in [6.45, 7) is 8.55. The molecule has 2 rings (SSSR count). The SMILES string of the molecule is CN(CC=CC#CC(C)(C)C)Cc1cccc(OCc2cccc(Cl)c2)c1. The van der Waals surface area contributed by atoms with Crippen LogP contribution in [0, 0.1) is 17.3 Å². The summed E-state index contributed by atoms with van der Waals surface area (Å²) < 4.78 is 5.90. The van der Waals surface area contributed by atoms with E-state index in [1.165, 1.54) is 5.56 Å².